The van der Waals surface area contributed by atoms with Crippen molar-refractivity contribution in [3.8, 4) is 0 Å². The molecule has 0 aliphatic heterocycles. The fourth-order valence-electron chi connectivity index (χ4n) is 1.99. The fourth-order valence-corrected chi connectivity index (χ4v) is 1.99. The Hall–Kier alpha value is -2.07. The van der Waals surface area contributed by atoms with Gasteiger partial charge in [0, 0.05) is 6.54 Å². The van der Waals surface area contributed by atoms with E-state index in [2.05, 4.69) is 0 Å². The van der Waals surface area contributed by atoms with Gasteiger partial charge in [0.25, 0.3) is 0 Å². The highest BCUT2D eigenvalue weighted by Crippen LogP contribution is 2.23. The molecule has 0 saturated carbocycles. The van der Waals surface area contributed by atoms with Gasteiger partial charge in [0.15, 0.2) is 5.78 Å². The number of Topliss-reactive ketones (excluding diaryl/α,β-unsaturated/α-hetero) is 1. The van der Waals surface area contributed by atoms with E-state index in [1.165, 1.54) is 6.07 Å². The van der Waals surface area contributed by atoms with Gasteiger partial charge in [0.1, 0.15) is 11.6 Å². The maximum absolute atomic E-state index is 13.6. The Kier molecular flexibility index (Phi) is 4.02. The molecule has 0 fully saturated rings. The van der Waals surface area contributed by atoms with Gasteiger partial charge >= 0.3 is 0 Å². The SMILES string of the molecule is NCC(C(=O)c1c(F)cccc1F)c1ccccc1. The molecule has 2 aromatic rings. The molecule has 0 heterocycles. The van der Waals surface area contributed by atoms with Crippen LogP contribution in [0.15, 0.2) is 48.5 Å². The van der Waals surface area contributed by atoms with Gasteiger partial charge in [-0.05, 0) is 17.7 Å². The second-order valence-corrected chi connectivity index (χ2v) is 4.16. The summed E-state index contributed by atoms with van der Waals surface area (Å²) in [5, 5.41) is 0. The van der Waals surface area contributed by atoms with E-state index in [-0.39, 0.29) is 6.54 Å². The average molecular weight is 261 g/mol. The first-order valence-electron chi connectivity index (χ1n) is 5.88. The highest BCUT2D eigenvalue weighted by atomic mass is 19.1. The van der Waals surface area contributed by atoms with Gasteiger partial charge in [-0.2, -0.15) is 0 Å². The Labute approximate surface area is 109 Å². The minimum Gasteiger partial charge on any atom is -0.329 e. The number of hydrogen-bond acceptors (Lipinski definition) is 2. The zero-order valence-corrected chi connectivity index (χ0v) is 10.1. The van der Waals surface area contributed by atoms with E-state index >= 15 is 0 Å². The summed E-state index contributed by atoms with van der Waals surface area (Å²) >= 11 is 0. The number of hydrogen-bond donors (Lipinski definition) is 1. The first kappa shape index (κ1) is 13.4. The summed E-state index contributed by atoms with van der Waals surface area (Å²) < 4.78 is 27.2. The normalized spacial score (nSPS) is 12.2. The van der Waals surface area contributed by atoms with Crippen molar-refractivity contribution in [1.82, 2.24) is 0 Å². The fraction of sp³-hybridized carbons (Fsp3) is 0.133. The predicted molar refractivity (Wildman–Crippen MR) is 68.9 cm³/mol. The van der Waals surface area contributed by atoms with Gasteiger partial charge in [0.05, 0.1) is 11.5 Å². The smallest absolute Gasteiger partial charge is 0.177 e. The molecule has 1 atom stereocenters. The number of nitrogens with two attached hydrogens (primary N) is 1. The molecule has 2 rings (SSSR count). The molecular formula is C15H13F2NO. The number of rotatable bonds is 4. The van der Waals surface area contributed by atoms with Crippen LogP contribution in [0, 0.1) is 11.6 Å². The quantitative estimate of drug-likeness (QED) is 0.860. The highest BCUT2D eigenvalue weighted by molar-refractivity contribution is 6.01. The van der Waals surface area contributed by atoms with Crippen molar-refractivity contribution in [2.24, 2.45) is 5.73 Å². The Morgan fingerprint density at radius 2 is 1.58 bits per heavy atom. The zero-order chi connectivity index (χ0) is 13.8. The van der Waals surface area contributed by atoms with Crippen LogP contribution in [0.4, 0.5) is 8.78 Å². The summed E-state index contributed by atoms with van der Waals surface area (Å²) in [6.45, 7) is -0.00335. The zero-order valence-electron chi connectivity index (χ0n) is 10.1. The molecule has 0 radical (unpaired) electrons. The standard InChI is InChI=1S/C15H13F2NO/c16-12-7-4-8-13(17)14(12)15(19)11(9-18)10-5-2-1-3-6-10/h1-8,11H,9,18H2. The van der Waals surface area contributed by atoms with Crippen molar-refractivity contribution in [2.45, 2.75) is 5.92 Å². The molecule has 0 amide bonds. The molecule has 2 N–H and O–H groups in total. The van der Waals surface area contributed by atoms with E-state index in [0.717, 1.165) is 12.1 Å². The van der Waals surface area contributed by atoms with Crippen LogP contribution in [0.3, 0.4) is 0 Å². The van der Waals surface area contributed by atoms with Crippen molar-refractivity contribution in [1.29, 1.82) is 0 Å². The largest absolute Gasteiger partial charge is 0.329 e. The molecule has 0 aliphatic rings. The summed E-state index contributed by atoms with van der Waals surface area (Å²) in [5.74, 6) is -3.10. The number of ketones is 1. The molecule has 0 aliphatic carbocycles. The molecule has 0 aromatic heterocycles. The van der Waals surface area contributed by atoms with Crippen LogP contribution in [0.5, 0.6) is 0 Å². The first-order chi connectivity index (χ1) is 9.15. The third kappa shape index (κ3) is 2.69. The highest BCUT2D eigenvalue weighted by Gasteiger charge is 2.25. The second-order valence-electron chi connectivity index (χ2n) is 4.16. The molecular weight excluding hydrogens is 248 g/mol. The van der Waals surface area contributed by atoms with Crippen molar-refractivity contribution in [2.75, 3.05) is 6.54 Å². The van der Waals surface area contributed by atoms with Gasteiger partial charge in [-0.1, -0.05) is 36.4 Å². The lowest BCUT2D eigenvalue weighted by Crippen LogP contribution is -2.23. The minimum absolute atomic E-state index is 0.00335. The molecule has 4 heteroatoms. The van der Waals surface area contributed by atoms with E-state index in [9.17, 15) is 13.6 Å². The minimum atomic E-state index is -0.862. The molecule has 2 aromatic carbocycles. The molecule has 19 heavy (non-hydrogen) atoms. The monoisotopic (exact) mass is 261 g/mol. The van der Waals surface area contributed by atoms with E-state index in [0.29, 0.717) is 5.56 Å². The van der Waals surface area contributed by atoms with Crippen molar-refractivity contribution < 1.29 is 13.6 Å². The van der Waals surface area contributed by atoms with Crippen LogP contribution in [-0.2, 0) is 0 Å². The number of carbonyl (C=O) groups is 1. The van der Waals surface area contributed by atoms with Crippen LogP contribution < -0.4 is 5.73 Å². The van der Waals surface area contributed by atoms with Crippen LogP contribution in [0.25, 0.3) is 0 Å². The Bertz CT molecular complexity index is 564. The van der Waals surface area contributed by atoms with Crippen LogP contribution in [0.1, 0.15) is 21.8 Å². The third-order valence-corrected chi connectivity index (χ3v) is 2.96. The van der Waals surface area contributed by atoms with Crippen molar-refractivity contribution in [3.05, 3.63) is 71.3 Å². The summed E-state index contributed by atoms with van der Waals surface area (Å²) in [6, 6.07) is 12.1. The van der Waals surface area contributed by atoms with Gasteiger partial charge < -0.3 is 5.73 Å². The van der Waals surface area contributed by atoms with Crippen LogP contribution >= 0.6 is 0 Å². The number of halogens is 2. The molecule has 98 valence electrons. The lowest BCUT2D eigenvalue weighted by molar-refractivity contribution is 0.0954. The summed E-state index contributed by atoms with van der Waals surface area (Å²) in [5.41, 5.74) is 5.70. The Balaban J connectivity index is 2.42. The van der Waals surface area contributed by atoms with Crippen molar-refractivity contribution >= 4 is 5.78 Å². The second kappa shape index (κ2) is 5.71. The van der Waals surface area contributed by atoms with E-state index in [1.54, 1.807) is 30.3 Å². The summed E-state index contributed by atoms with van der Waals surface area (Å²) in [7, 11) is 0. The third-order valence-electron chi connectivity index (χ3n) is 2.96. The van der Waals surface area contributed by atoms with E-state index < -0.39 is 28.9 Å². The average Bonchev–Trinajstić information content (AvgIpc) is 2.40. The maximum Gasteiger partial charge on any atom is 0.177 e. The van der Waals surface area contributed by atoms with Crippen LogP contribution in [-0.4, -0.2) is 12.3 Å². The van der Waals surface area contributed by atoms with E-state index in [1.807, 2.05) is 0 Å². The van der Waals surface area contributed by atoms with Gasteiger partial charge in [-0.15, -0.1) is 0 Å². The molecule has 2 nitrogen and oxygen atoms in total. The first-order valence-corrected chi connectivity index (χ1v) is 5.88. The lowest BCUT2D eigenvalue weighted by atomic mass is 9.90. The van der Waals surface area contributed by atoms with Gasteiger partial charge in [-0.3, -0.25) is 4.79 Å². The Morgan fingerprint density at radius 1 is 1.00 bits per heavy atom. The molecule has 0 spiro atoms. The molecule has 1 unspecified atom stereocenters. The molecule has 0 saturated heterocycles. The van der Waals surface area contributed by atoms with Crippen molar-refractivity contribution in [3.63, 3.8) is 0 Å². The van der Waals surface area contributed by atoms with Gasteiger partial charge in [-0.25, -0.2) is 8.78 Å². The molecule has 0 bridgehead atoms. The number of carbonyl (C=O) groups excluding carboxylic acids is 1. The summed E-state index contributed by atoms with van der Waals surface area (Å²) in [6.07, 6.45) is 0. The maximum atomic E-state index is 13.6. The predicted octanol–water partition coefficient (Wildman–Crippen LogP) is 2.89. The van der Waals surface area contributed by atoms with Crippen LogP contribution in [0.2, 0.25) is 0 Å². The Morgan fingerprint density at radius 3 is 2.11 bits per heavy atom. The summed E-state index contributed by atoms with van der Waals surface area (Å²) in [4.78, 5) is 12.3. The lowest BCUT2D eigenvalue weighted by Gasteiger charge is -2.15. The topological polar surface area (TPSA) is 43.1 Å². The van der Waals surface area contributed by atoms with E-state index in [4.69, 9.17) is 5.73 Å². The number of benzene rings is 2. The van der Waals surface area contributed by atoms with Gasteiger partial charge in [0.2, 0.25) is 0 Å².